The smallest absolute Gasteiger partial charge is 0.330 e. The molecule has 23 heavy (non-hydrogen) atoms. The molecule has 0 aliphatic carbocycles. The fourth-order valence-electron chi connectivity index (χ4n) is 2.27. The average Bonchev–Trinajstić information content (AvgIpc) is 2.82. The highest BCUT2D eigenvalue weighted by Crippen LogP contribution is 2.30. The van der Waals surface area contributed by atoms with Gasteiger partial charge in [0.25, 0.3) is 5.56 Å². The Kier molecular flexibility index (Phi) is 4.84. The summed E-state index contributed by atoms with van der Waals surface area (Å²) in [4.78, 5) is 47.3. The molecule has 1 aromatic heterocycles. The quantitative estimate of drug-likeness (QED) is 0.663. The maximum Gasteiger partial charge on any atom is 0.330 e. The Morgan fingerprint density at radius 1 is 1.39 bits per heavy atom. The second kappa shape index (κ2) is 6.65. The van der Waals surface area contributed by atoms with Gasteiger partial charge < -0.3 is 19.9 Å². The summed E-state index contributed by atoms with van der Waals surface area (Å²) >= 11 is 0. The molecule has 126 valence electrons. The number of H-pyrrole nitrogens is 1. The molecule has 1 fully saturated rings. The topological polar surface area (TPSA) is 143 Å². The molecule has 2 rings (SSSR count). The van der Waals surface area contributed by atoms with Crippen LogP contribution in [0.3, 0.4) is 0 Å². The molecule has 0 spiro atoms. The average molecular weight is 327 g/mol. The van der Waals surface area contributed by atoms with Gasteiger partial charge in [-0.25, -0.2) is 4.79 Å². The molecule has 3 atom stereocenters. The van der Waals surface area contributed by atoms with Gasteiger partial charge in [-0.2, -0.15) is 0 Å². The van der Waals surface area contributed by atoms with Crippen molar-refractivity contribution in [3.63, 3.8) is 0 Å². The molecule has 10 heteroatoms. The lowest BCUT2D eigenvalue weighted by Gasteiger charge is -2.17. The SMILES string of the molecule is CC(=O)OC[C@H]1O[C@@H](n2cc(N)c(=O)[nH]c2=O)C[C@@H]1OC(C)=O. The van der Waals surface area contributed by atoms with E-state index in [-0.39, 0.29) is 18.7 Å². The van der Waals surface area contributed by atoms with Gasteiger partial charge in [0, 0.05) is 26.5 Å². The van der Waals surface area contributed by atoms with Crippen LogP contribution in [0, 0.1) is 0 Å². The van der Waals surface area contributed by atoms with Crippen LogP contribution < -0.4 is 17.0 Å². The highest BCUT2D eigenvalue weighted by atomic mass is 16.6. The lowest BCUT2D eigenvalue weighted by Crippen LogP contribution is -2.33. The number of nitrogens with two attached hydrogens (primary N) is 1. The number of anilines is 1. The highest BCUT2D eigenvalue weighted by molar-refractivity contribution is 5.66. The molecule has 0 unspecified atom stereocenters. The standard InChI is InChI=1S/C13H17N3O7/c1-6(17)21-5-10-9(22-7(2)18)3-11(23-10)16-4-8(14)12(19)15-13(16)20/h4,9-11H,3,5,14H2,1-2H3,(H,15,19,20)/t9-,10+,11+/m0/s1. The van der Waals surface area contributed by atoms with Gasteiger partial charge in [-0.15, -0.1) is 0 Å². The molecule has 1 saturated heterocycles. The number of carbonyl (C=O) groups excluding carboxylic acids is 2. The fraction of sp³-hybridized carbons (Fsp3) is 0.538. The van der Waals surface area contributed by atoms with Crippen LogP contribution in [0.1, 0.15) is 26.5 Å². The Morgan fingerprint density at radius 3 is 2.70 bits per heavy atom. The number of esters is 2. The maximum atomic E-state index is 11.9. The summed E-state index contributed by atoms with van der Waals surface area (Å²) in [6, 6.07) is 0. The zero-order valence-electron chi connectivity index (χ0n) is 12.6. The summed E-state index contributed by atoms with van der Waals surface area (Å²) in [5.74, 6) is -1.04. The minimum absolute atomic E-state index is 0.128. The number of hydrogen-bond donors (Lipinski definition) is 2. The van der Waals surface area contributed by atoms with E-state index in [4.69, 9.17) is 19.9 Å². The number of rotatable bonds is 4. The zero-order valence-corrected chi connectivity index (χ0v) is 12.6. The van der Waals surface area contributed by atoms with Gasteiger partial charge in [-0.3, -0.25) is 23.9 Å². The van der Waals surface area contributed by atoms with Crippen LogP contribution in [-0.4, -0.2) is 40.3 Å². The van der Waals surface area contributed by atoms with Crippen LogP contribution in [0.5, 0.6) is 0 Å². The maximum absolute atomic E-state index is 11.9. The van der Waals surface area contributed by atoms with E-state index < -0.39 is 41.6 Å². The lowest BCUT2D eigenvalue weighted by molar-refractivity contribution is -0.155. The number of aromatic amines is 1. The number of ether oxygens (including phenoxy) is 3. The van der Waals surface area contributed by atoms with E-state index in [0.717, 1.165) is 10.8 Å². The van der Waals surface area contributed by atoms with E-state index in [1.54, 1.807) is 0 Å². The van der Waals surface area contributed by atoms with Crippen LogP contribution in [-0.2, 0) is 23.8 Å². The van der Waals surface area contributed by atoms with E-state index in [2.05, 4.69) is 4.98 Å². The van der Waals surface area contributed by atoms with Gasteiger partial charge in [-0.05, 0) is 0 Å². The molecule has 1 aliphatic heterocycles. The van der Waals surface area contributed by atoms with Crippen LogP contribution in [0.2, 0.25) is 0 Å². The van der Waals surface area contributed by atoms with Crippen molar-refractivity contribution in [3.05, 3.63) is 27.0 Å². The highest BCUT2D eigenvalue weighted by Gasteiger charge is 2.39. The molecule has 2 heterocycles. The molecule has 0 bridgehead atoms. The van der Waals surface area contributed by atoms with Gasteiger partial charge in [0.1, 0.15) is 30.7 Å². The van der Waals surface area contributed by atoms with Gasteiger partial charge >= 0.3 is 17.6 Å². The Labute approximate surface area is 130 Å². The Hall–Kier alpha value is -2.62. The Bertz CT molecular complexity index is 723. The Balaban J connectivity index is 2.23. The predicted molar refractivity (Wildman–Crippen MR) is 76.4 cm³/mol. The van der Waals surface area contributed by atoms with Gasteiger partial charge in [0.05, 0.1) is 0 Å². The number of hydrogen-bond acceptors (Lipinski definition) is 8. The summed E-state index contributed by atoms with van der Waals surface area (Å²) in [7, 11) is 0. The number of nitrogens with one attached hydrogen (secondary N) is 1. The van der Waals surface area contributed by atoms with Crippen LogP contribution in [0.25, 0.3) is 0 Å². The first kappa shape index (κ1) is 16.7. The van der Waals surface area contributed by atoms with Gasteiger partial charge in [0.15, 0.2) is 0 Å². The molecular formula is C13H17N3O7. The summed E-state index contributed by atoms with van der Waals surface area (Å²) in [5, 5.41) is 0. The molecule has 3 N–H and O–H groups in total. The summed E-state index contributed by atoms with van der Waals surface area (Å²) < 4.78 is 16.7. The van der Waals surface area contributed by atoms with Crippen LogP contribution >= 0.6 is 0 Å². The van der Waals surface area contributed by atoms with Crippen LogP contribution in [0.4, 0.5) is 5.69 Å². The fourth-order valence-corrected chi connectivity index (χ4v) is 2.27. The van der Waals surface area contributed by atoms with Crippen molar-refractivity contribution in [1.29, 1.82) is 0 Å². The van der Waals surface area contributed by atoms with Crippen molar-refractivity contribution < 1.29 is 23.8 Å². The summed E-state index contributed by atoms with van der Waals surface area (Å²) in [6.07, 6.45) is -0.932. The first-order valence-electron chi connectivity index (χ1n) is 6.85. The molecular weight excluding hydrogens is 310 g/mol. The van der Waals surface area contributed by atoms with Crippen molar-refractivity contribution in [2.24, 2.45) is 0 Å². The molecule has 10 nitrogen and oxygen atoms in total. The predicted octanol–water partition coefficient (Wildman–Crippen LogP) is -1.10. The lowest BCUT2D eigenvalue weighted by atomic mass is 10.2. The number of nitrogen functional groups attached to an aromatic ring is 1. The minimum atomic E-state index is -0.813. The van der Waals surface area contributed by atoms with Crippen molar-refractivity contribution in [1.82, 2.24) is 9.55 Å². The molecule has 0 radical (unpaired) electrons. The van der Waals surface area contributed by atoms with E-state index in [1.165, 1.54) is 13.8 Å². The number of carbonyl (C=O) groups is 2. The van der Waals surface area contributed by atoms with E-state index >= 15 is 0 Å². The molecule has 0 saturated carbocycles. The third-order valence-corrected chi connectivity index (χ3v) is 3.25. The monoisotopic (exact) mass is 327 g/mol. The second-order valence-electron chi connectivity index (χ2n) is 5.07. The first-order chi connectivity index (χ1) is 10.8. The summed E-state index contributed by atoms with van der Waals surface area (Å²) in [6.45, 7) is 2.35. The normalized spacial score (nSPS) is 23.5. The van der Waals surface area contributed by atoms with Gasteiger partial charge in [0.2, 0.25) is 0 Å². The third kappa shape index (κ3) is 3.97. The van der Waals surface area contributed by atoms with E-state index in [1.807, 2.05) is 0 Å². The molecule has 1 aliphatic rings. The molecule has 0 amide bonds. The number of nitrogens with zero attached hydrogens (tertiary/aromatic N) is 1. The zero-order chi connectivity index (χ0) is 17.1. The Morgan fingerprint density at radius 2 is 2.09 bits per heavy atom. The van der Waals surface area contributed by atoms with E-state index in [0.29, 0.717) is 0 Å². The number of aromatic nitrogens is 2. The van der Waals surface area contributed by atoms with Crippen molar-refractivity contribution >= 4 is 17.6 Å². The largest absolute Gasteiger partial charge is 0.463 e. The minimum Gasteiger partial charge on any atom is -0.463 e. The van der Waals surface area contributed by atoms with Crippen molar-refractivity contribution in [2.45, 2.75) is 38.7 Å². The van der Waals surface area contributed by atoms with Crippen molar-refractivity contribution in [2.75, 3.05) is 12.3 Å². The van der Waals surface area contributed by atoms with E-state index in [9.17, 15) is 19.2 Å². The second-order valence-corrected chi connectivity index (χ2v) is 5.07. The summed E-state index contributed by atoms with van der Waals surface area (Å²) in [5.41, 5.74) is 3.94. The first-order valence-corrected chi connectivity index (χ1v) is 6.85. The molecule has 1 aromatic rings. The van der Waals surface area contributed by atoms with Gasteiger partial charge in [-0.1, -0.05) is 0 Å². The third-order valence-electron chi connectivity index (χ3n) is 3.25. The van der Waals surface area contributed by atoms with Crippen molar-refractivity contribution in [3.8, 4) is 0 Å². The van der Waals surface area contributed by atoms with Crippen LogP contribution in [0.15, 0.2) is 15.8 Å². The molecule has 0 aromatic carbocycles.